The summed E-state index contributed by atoms with van der Waals surface area (Å²) in [6.07, 6.45) is 2.55. The molecule has 1 aromatic rings. The maximum atomic E-state index is 5.43. The number of halogens is 1. The number of hydrogen-bond acceptors (Lipinski definition) is 4. The summed E-state index contributed by atoms with van der Waals surface area (Å²) in [5.74, 6) is 1.78. The van der Waals surface area contributed by atoms with E-state index in [0.717, 1.165) is 57.5 Å². The van der Waals surface area contributed by atoms with Crippen LogP contribution >= 0.6 is 24.0 Å². The average molecular weight is 503 g/mol. The third-order valence-corrected chi connectivity index (χ3v) is 5.36. The molecular weight excluding hydrogens is 465 g/mol. The summed E-state index contributed by atoms with van der Waals surface area (Å²) < 4.78 is 5.43. The number of likely N-dealkylation sites (N-methyl/N-ethyl adjacent to an activating group) is 1. The van der Waals surface area contributed by atoms with E-state index in [9.17, 15) is 0 Å². The molecule has 1 heterocycles. The third-order valence-electron chi connectivity index (χ3n) is 5.36. The predicted octanol–water partition coefficient (Wildman–Crippen LogP) is 2.96. The first-order valence-corrected chi connectivity index (χ1v) is 10.3. The number of aliphatic imine (C=N–C) groups is 1. The zero-order chi connectivity index (χ0) is 19.5. The second-order valence-corrected chi connectivity index (χ2v) is 6.94. The summed E-state index contributed by atoms with van der Waals surface area (Å²) in [6, 6.07) is 8.76. The van der Waals surface area contributed by atoms with Gasteiger partial charge in [-0.05, 0) is 56.7 Å². The molecule has 0 aromatic heterocycles. The van der Waals surface area contributed by atoms with Gasteiger partial charge in [-0.15, -0.1) is 24.0 Å². The SMILES string of the molecule is CCN(CC)CCNC(=NC)NCC(c1cccc(OC)c1)N1CCCC1.I. The second kappa shape index (κ2) is 14.0. The Hall–Kier alpha value is -1.06. The molecule has 0 saturated carbocycles. The van der Waals surface area contributed by atoms with E-state index in [1.807, 2.05) is 13.1 Å². The highest BCUT2D eigenvalue weighted by molar-refractivity contribution is 14.0. The summed E-state index contributed by atoms with van der Waals surface area (Å²) in [6.45, 7) is 11.6. The van der Waals surface area contributed by atoms with Crippen LogP contribution in [0, 0.1) is 0 Å². The molecule has 7 heteroatoms. The second-order valence-electron chi connectivity index (χ2n) is 6.94. The fraction of sp³-hybridized carbons (Fsp3) is 0.667. The largest absolute Gasteiger partial charge is 0.497 e. The Morgan fingerprint density at radius 3 is 2.54 bits per heavy atom. The van der Waals surface area contributed by atoms with Gasteiger partial charge in [0.05, 0.1) is 13.2 Å². The van der Waals surface area contributed by atoms with Gasteiger partial charge in [0.15, 0.2) is 5.96 Å². The van der Waals surface area contributed by atoms with Crippen molar-refractivity contribution in [3.63, 3.8) is 0 Å². The number of hydrogen-bond donors (Lipinski definition) is 2. The minimum Gasteiger partial charge on any atom is -0.497 e. The number of nitrogens with one attached hydrogen (secondary N) is 2. The van der Waals surface area contributed by atoms with E-state index in [4.69, 9.17) is 4.74 Å². The molecule has 0 spiro atoms. The first kappa shape index (κ1) is 25.0. The molecule has 0 amide bonds. The molecule has 1 fully saturated rings. The zero-order valence-electron chi connectivity index (χ0n) is 17.9. The Kier molecular flexibility index (Phi) is 12.5. The van der Waals surface area contributed by atoms with Gasteiger partial charge < -0.3 is 20.3 Å². The van der Waals surface area contributed by atoms with E-state index in [2.05, 4.69) is 57.5 Å². The zero-order valence-corrected chi connectivity index (χ0v) is 20.2. The van der Waals surface area contributed by atoms with Crippen molar-refractivity contribution < 1.29 is 4.74 Å². The highest BCUT2D eigenvalue weighted by Gasteiger charge is 2.24. The smallest absolute Gasteiger partial charge is 0.191 e. The summed E-state index contributed by atoms with van der Waals surface area (Å²) in [7, 11) is 3.56. The molecule has 0 radical (unpaired) electrons. The Bertz CT molecular complexity index is 574. The molecule has 2 rings (SSSR count). The van der Waals surface area contributed by atoms with Crippen LogP contribution in [-0.4, -0.2) is 75.7 Å². The summed E-state index contributed by atoms with van der Waals surface area (Å²) >= 11 is 0. The van der Waals surface area contributed by atoms with Crippen LogP contribution in [0.4, 0.5) is 0 Å². The lowest BCUT2D eigenvalue weighted by Crippen LogP contribution is -2.44. The topological polar surface area (TPSA) is 52.1 Å². The Morgan fingerprint density at radius 1 is 1.21 bits per heavy atom. The lowest BCUT2D eigenvalue weighted by Gasteiger charge is -2.29. The predicted molar refractivity (Wildman–Crippen MR) is 129 cm³/mol. The lowest BCUT2D eigenvalue weighted by molar-refractivity contribution is 0.244. The molecule has 6 nitrogen and oxygen atoms in total. The van der Waals surface area contributed by atoms with Crippen molar-refractivity contribution in [3.05, 3.63) is 29.8 Å². The third kappa shape index (κ3) is 7.75. The van der Waals surface area contributed by atoms with Gasteiger partial charge in [-0.2, -0.15) is 0 Å². The molecule has 160 valence electrons. The molecule has 0 aliphatic carbocycles. The minimum absolute atomic E-state index is 0. The van der Waals surface area contributed by atoms with Gasteiger partial charge in [-0.25, -0.2) is 0 Å². The van der Waals surface area contributed by atoms with Gasteiger partial charge in [-0.1, -0.05) is 26.0 Å². The van der Waals surface area contributed by atoms with Crippen LogP contribution in [0.2, 0.25) is 0 Å². The van der Waals surface area contributed by atoms with E-state index < -0.39 is 0 Å². The van der Waals surface area contributed by atoms with Crippen LogP contribution in [0.15, 0.2) is 29.3 Å². The molecule has 0 bridgehead atoms. The van der Waals surface area contributed by atoms with Crippen molar-refractivity contribution in [2.45, 2.75) is 32.7 Å². The number of benzene rings is 1. The molecule has 1 aromatic carbocycles. The van der Waals surface area contributed by atoms with Crippen molar-refractivity contribution in [1.82, 2.24) is 20.4 Å². The van der Waals surface area contributed by atoms with Crippen LogP contribution in [0.3, 0.4) is 0 Å². The molecule has 28 heavy (non-hydrogen) atoms. The van der Waals surface area contributed by atoms with Gasteiger partial charge in [0.1, 0.15) is 5.75 Å². The molecule has 1 atom stereocenters. The van der Waals surface area contributed by atoms with Crippen molar-refractivity contribution in [3.8, 4) is 5.75 Å². The quantitative estimate of drug-likeness (QED) is 0.292. The average Bonchev–Trinajstić information content (AvgIpc) is 3.24. The number of methoxy groups -OCH3 is 1. The number of ether oxygens (including phenoxy) is 1. The number of rotatable bonds is 10. The van der Waals surface area contributed by atoms with E-state index in [1.165, 1.54) is 18.4 Å². The number of nitrogens with zero attached hydrogens (tertiary/aromatic N) is 3. The van der Waals surface area contributed by atoms with Crippen LogP contribution in [0.5, 0.6) is 5.75 Å². The fourth-order valence-electron chi connectivity index (χ4n) is 3.65. The Balaban J connectivity index is 0.00000392. The molecular formula is C21H38IN5O. The van der Waals surface area contributed by atoms with Crippen molar-refractivity contribution in [2.75, 3.05) is 60.0 Å². The molecule has 1 saturated heterocycles. The summed E-state index contributed by atoms with van der Waals surface area (Å²) in [5.41, 5.74) is 1.29. The molecule has 2 N–H and O–H groups in total. The van der Waals surface area contributed by atoms with Crippen LogP contribution < -0.4 is 15.4 Å². The van der Waals surface area contributed by atoms with Gasteiger partial charge in [-0.3, -0.25) is 9.89 Å². The van der Waals surface area contributed by atoms with E-state index in [1.54, 1.807) is 7.11 Å². The van der Waals surface area contributed by atoms with Gasteiger partial charge in [0.25, 0.3) is 0 Å². The summed E-state index contributed by atoms with van der Waals surface area (Å²) in [5, 5.41) is 6.97. The lowest BCUT2D eigenvalue weighted by atomic mass is 10.1. The van der Waals surface area contributed by atoms with Crippen molar-refractivity contribution in [1.29, 1.82) is 0 Å². The highest BCUT2D eigenvalue weighted by Crippen LogP contribution is 2.27. The monoisotopic (exact) mass is 503 g/mol. The summed E-state index contributed by atoms with van der Waals surface area (Å²) in [4.78, 5) is 9.36. The minimum atomic E-state index is 0. The van der Waals surface area contributed by atoms with Crippen LogP contribution in [0.25, 0.3) is 0 Å². The van der Waals surface area contributed by atoms with E-state index >= 15 is 0 Å². The Morgan fingerprint density at radius 2 is 1.93 bits per heavy atom. The first-order chi connectivity index (χ1) is 13.2. The number of guanidine groups is 1. The number of likely N-dealkylation sites (tertiary alicyclic amines) is 1. The first-order valence-electron chi connectivity index (χ1n) is 10.3. The normalized spacial score (nSPS) is 16.0. The van der Waals surface area contributed by atoms with Gasteiger partial charge >= 0.3 is 0 Å². The van der Waals surface area contributed by atoms with E-state index in [-0.39, 0.29) is 24.0 Å². The molecule has 1 unspecified atom stereocenters. The fourth-order valence-corrected chi connectivity index (χ4v) is 3.65. The maximum absolute atomic E-state index is 5.43. The van der Waals surface area contributed by atoms with Crippen LogP contribution in [-0.2, 0) is 0 Å². The van der Waals surface area contributed by atoms with Gasteiger partial charge in [0, 0.05) is 26.7 Å². The highest BCUT2D eigenvalue weighted by atomic mass is 127. The van der Waals surface area contributed by atoms with Crippen molar-refractivity contribution >= 4 is 29.9 Å². The van der Waals surface area contributed by atoms with Gasteiger partial charge in [0.2, 0.25) is 0 Å². The van der Waals surface area contributed by atoms with E-state index in [0.29, 0.717) is 6.04 Å². The van der Waals surface area contributed by atoms with Crippen LogP contribution in [0.1, 0.15) is 38.3 Å². The maximum Gasteiger partial charge on any atom is 0.191 e. The van der Waals surface area contributed by atoms with Crippen molar-refractivity contribution in [2.24, 2.45) is 4.99 Å². The standard InChI is InChI=1S/C21H37N5O.HI/c1-5-25(6-2)15-12-23-21(22-3)24-17-20(26-13-7-8-14-26)18-10-9-11-19(16-18)27-4;/h9-11,16,20H,5-8,12-15,17H2,1-4H3,(H2,22,23,24);1H. The molecule has 1 aliphatic heterocycles. The molecule has 1 aliphatic rings. The Labute approximate surface area is 188 Å².